The number of hydrogen-bond acceptors (Lipinski definition) is 3. The minimum absolute atomic E-state index is 0.0334. The summed E-state index contributed by atoms with van der Waals surface area (Å²) in [7, 11) is 0. The molecule has 3 aromatic rings. The number of nitrogens with zero attached hydrogens (tertiary/aromatic N) is 1. The molecule has 0 radical (unpaired) electrons. The lowest BCUT2D eigenvalue weighted by Crippen LogP contribution is -2.42. The third-order valence-electron chi connectivity index (χ3n) is 6.40. The average Bonchev–Trinajstić information content (AvgIpc) is 3.05. The number of likely N-dealkylation sites (tertiary alicyclic amines) is 1. The Labute approximate surface area is 177 Å². The van der Waals surface area contributed by atoms with Gasteiger partial charge in [-0.05, 0) is 80.6 Å². The van der Waals surface area contributed by atoms with E-state index in [0.717, 1.165) is 55.2 Å². The second kappa shape index (κ2) is 8.78. The Kier molecular flexibility index (Phi) is 6.14. The van der Waals surface area contributed by atoms with Crippen LogP contribution in [0.5, 0.6) is 5.75 Å². The molecule has 2 heterocycles. The summed E-state index contributed by atoms with van der Waals surface area (Å²) in [5, 5.41) is 12.1. The van der Waals surface area contributed by atoms with Gasteiger partial charge in [0.15, 0.2) is 0 Å². The van der Waals surface area contributed by atoms with Gasteiger partial charge in [0.05, 0.1) is 6.61 Å². The van der Waals surface area contributed by atoms with Crippen molar-refractivity contribution in [3.63, 3.8) is 0 Å². The van der Waals surface area contributed by atoms with Crippen molar-refractivity contribution in [2.24, 2.45) is 5.41 Å². The van der Waals surface area contributed by atoms with E-state index in [4.69, 9.17) is 16.3 Å². The molecule has 5 heteroatoms. The Balaban J connectivity index is 1.34. The van der Waals surface area contributed by atoms with Gasteiger partial charge in [-0.15, -0.1) is 0 Å². The zero-order valence-corrected chi connectivity index (χ0v) is 17.7. The van der Waals surface area contributed by atoms with Crippen LogP contribution in [0.3, 0.4) is 0 Å². The van der Waals surface area contributed by atoms with Crippen molar-refractivity contribution in [2.75, 3.05) is 26.3 Å². The molecule has 0 aliphatic carbocycles. The van der Waals surface area contributed by atoms with Crippen LogP contribution in [0.25, 0.3) is 10.9 Å². The van der Waals surface area contributed by atoms with Crippen LogP contribution in [0.15, 0.2) is 48.5 Å². The van der Waals surface area contributed by atoms with Gasteiger partial charge in [0, 0.05) is 34.8 Å². The Bertz CT molecular complexity index is 946. The van der Waals surface area contributed by atoms with Crippen molar-refractivity contribution >= 4 is 22.5 Å². The second-order valence-corrected chi connectivity index (χ2v) is 8.70. The van der Waals surface area contributed by atoms with Crippen molar-refractivity contribution in [1.29, 1.82) is 0 Å². The molecule has 0 unspecified atom stereocenters. The summed E-state index contributed by atoms with van der Waals surface area (Å²) in [6.45, 7) is 5.91. The molecular formula is C24H29ClN2O2. The number of aliphatic hydroxyl groups is 1. The topological polar surface area (TPSA) is 48.5 Å². The Morgan fingerprint density at radius 2 is 1.90 bits per heavy atom. The number of hydrogen-bond donors (Lipinski definition) is 2. The molecule has 1 aliphatic rings. The highest BCUT2D eigenvalue weighted by molar-refractivity contribution is 6.31. The minimum atomic E-state index is -0.0334. The summed E-state index contributed by atoms with van der Waals surface area (Å²) in [5.74, 6) is 0.896. The smallest absolute Gasteiger partial charge is 0.119 e. The standard InChI is InChI=1S/C24H29ClN2O2/c1-18-21-15-19(25)7-8-22(21)26-23(18)16-27-12-9-24(17-28,10-13-27)11-14-29-20-5-3-2-4-6-20/h2-8,15,26,28H,9-14,16-17H2,1H3. The highest BCUT2D eigenvalue weighted by Crippen LogP contribution is 2.35. The van der Waals surface area contributed by atoms with Crippen molar-refractivity contribution in [2.45, 2.75) is 32.7 Å². The SMILES string of the molecule is Cc1c(CN2CCC(CO)(CCOc3ccccc3)CC2)[nH]c2ccc(Cl)cc12. The van der Waals surface area contributed by atoms with Gasteiger partial charge in [-0.1, -0.05) is 29.8 Å². The van der Waals surface area contributed by atoms with Crippen molar-refractivity contribution in [1.82, 2.24) is 9.88 Å². The lowest BCUT2D eigenvalue weighted by molar-refractivity contribution is 0.0240. The fourth-order valence-corrected chi connectivity index (χ4v) is 4.48. The molecule has 0 amide bonds. The highest BCUT2D eigenvalue weighted by atomic mass is 35.5. The maximum atomic E-state index is 10.1. The van der Waals surface area contributed by atoms with E-state index in [0.29, 0.717) is 6.61 Å². The highest BCUT2D eigenvalue weighted by Gasteiger charge is 2.34. The number of para-hydroxylation sites is 1. The van der Waals surface area contributed by atoms with Gasteiger partial charge in [0.25, 0.3) is 0 Å². The van der Waals surface area contributed by atoms with Crippen LogP contribution in [-0.4, -0.2) is 41.3 Å². The Morgan fingerprint density at radius 1 is 1.14 bits per heavy atom. The van der Waals surface area contributed by atoms with Gasteiger partial charge in [0.2, 0.25) is 0 Å². The maximum absolute atomic E-state index is 10.1. The van der Waals surface area contributed by atoms with Gasteiger partial charge < -0.3 is 14.8 Å². The molecule has 4 nitrogen and oxygen atoms in total. The van der Waals surface area contributed by atoms with Gasteiger partial charge in [-0.2, -0.15) is 0 Å². The number of H-pyrrole nitrogens is 1. The first-order chi connectivity index (χ1) is 14.1. The third kappa shape index (κ3) is 4.61. The Morgan fingerprint density at radius 3 is 2.62 bits per heavy atom. The summed E-state index contributed by atoms with van der Waals surface area (Å²) in [5.41, 5.74) is 3.64. The summed E-state index contributed by atoms with van der Waals surface area (Å²) in [6.07, 6.45) is 2.87. The predicted molar refractivity (Wildman–Crippen MR) is 119 cm³/mol. The number of benzene rings is 2. The summed E-state index contributed by atoms with van der Waals surface area (Å²) < 4.78 is 5.88. The van der Waals surface area contributed by atoms with Gasteiger partial charge in [-0.3, -0.25) is 4.90 Å². The van der Waals surface area contributed by atoms with E-state index in [1.54, 1.807) is 0 Å². The molecule has 1 aromatic heterocycles. The van der Waals surface area contributed by atoms with Crippen LogP contribution in [0.4, 0.5) is 0 Å². The van der Waals surface area contributed by atoms with Crippen molar-refractivity contribution in [3.8, 4) is 5.75 Å². The maximum Gasteiger partial charge on any atom is 0.119 e. The predicted octanol–water partition coefficient (Wildman–Crippen LogP) is 5.17. The normalized spacial score (nSPS) is 16.9. The molecular weight excluding hydrogens is 384 g/mol. The summed E-state index contributed by atoms with van der Waals surface area (Å²) >= 11 is 6.16. The first-order valence-electron chi connectivity index (χ1n) is 10.4. The molecule has 1 fully saturated rings. The average molecular weight is 413 g/mol. The number of nitrogens with one attached hydrogen (secondary N) is 1. The van der Waals surface area contributed by atoms with E-state index in [2.05, 4.69) is 16.8 Å². The van der Waals surface area contributed by atoms with Crippen LogP contribution < -0.4 is 4.74 Å². The fraction of sp³-hybridized carbons (Fsp3) is 0.417. The molecule has 2 aromatic carbocycles. The number of aryl methyl sites for hydroxylation is 1. The van der Waals surface area contributed by atoms with E-state index in [9.17, 15) is 5.11 Å². The van der Waals surface area contributed by atoms with Crippen LogP contribution in [0, 0.1) is 12.3 Å². The molecule has 4 rings (SSSR count). The molecule has 0 atom stereocenters. The van der Waals surface area contributed by atoms with Crippen LogP contribution >= 0.6 is 11.6 Å². The van der Waals surface area contributed by atoms with E-state index < -0.39 is 0 Å². The van der Waals surface area contributed by atoms with Gasteiger partial charge in [-0.25, -0.2) is 0 Å². The number of halogens is 1. The van der Waals surface area contributed by atoms with Crippen molar-refractivity contribution < 1.29 is 9.84 Å². The van der Waals surface area contributed by atoms with Crippen molar-refractivity contribution in [3.05, 3.63) is 64.8 Å². The quantitative estimate of drug-likeness (QED) is 0.562. The van der Waals surface area contributed by atoms with Gasteiger partial charge in [0.1, 0.15) is 5.75 Å². The fourth-order valence-electron chi connectivity index (χ4n) is 4.31. The van der Waals surface area contributed by atoms with Crippen LogP contribution in [-0.2, 0) is 6.54 Å². The molecule has 0 spiro atoms. The minimum Gasteiger partial charge on any atom is -0.494 e. The molecule has 0 bridgehead atoms. The zero-order valence-electron chi connectivity index (χ0n) is 17.0. The second-order valence-electron chi connectivity index (χ2n) is 8.26. The first kappa shape index (κ1) is 20.3. The molecule has 0 saturated carbocycles. The van der Waals surface area contributed by atoms with E-state index in [1.165, 1.54) is 16.6 Å². The number of rotatable bonds is 7. The molecule has 2 N–H and O–H groups in total. The molecule has 1 saturated heterocycles. The number of aromatic amines is 1. The van der Waals surface area contributed by atoms with E-state index >= 15 is 0 Å². The lowest BCUT2D eigenvalue weighted by Gasteiger charge is -2.40. The zero-order chi connectivity index (χ0) is 20.3. The number of piperidine rings is 1. The monoisotopic (exact) mass is 412 g/mol. The number of fused-ring (bicyclic) bond motifs is 1. The number of aromatic nitrogens is 1. The summed E-state index contributed by atoms with van der Waals surface area (Å²) in [6, 6.07) is 15.9. The molecule has 1 aliphatic heterocycles. The number of ether oxygens (including phenoxy) is 1. The summed E-state index contributed by atoms with van der Waals surface area (Å²) in [4.78, 5) is 6.03. The van der Waals surface area contributed by atoms with Crippen LogP contribution in [0.2, 0.25) is 5.02 Å². The molecule has 154 valence electrons. The van der Waals surface area contributed by atoms with E-state index in [-0.39, 0.29) is 12.0 Å². The first-order valence-corrected chi connectivity index (χ1v) is 10.7. The van der Waals surface area contributed by atoms with Crippen LogP contribution in [0.1, 0.15) is 30.5 Å². The number of aliphatic hydroxyl groups excluding tert-OH is 1. The van der Waals surface area contributed by atoms with E-state index in [1.807, 2.05) is 48.5 Å². The Hall–Kier alpha value is -2.01. The molecule has 29 heavy (non-hydrogen) atoms. The van der Waals surface area contributed by atoms with Gasteiger partial charge >= 0.3 is 0 Å². The third-order valence-corrected chi connectivity index (χ3v) is 6.64. The largest absolute Gasteiger partial charge is 0.494 e. The lowest BCUT2D eigenvalue weighted by atomic mass is 9.76.